The maximum atomic E-state index is 13.4. The maximum absolute atomic E-state index is 13.4. The predicted molar refractivity (Wildman–Crippen MR) is 79.5 cm³/mol. The summed E-state index contributed by atoms with van der Waals surface area (Å²) >= 11 is 9.60. The van der Waals surface area contributed by atoms with Gasteiger partial charge in [0.2, 0.25) is 0 Å². The second-order valence-corrected chi connectivity index (χ2v) is 5.59. The Bertz CT molecular complexity index is 552. The minimum Gasteiger partial charge on any atom is -0.271 e. The van der Waals surface area contributed by atoms with E-state index in [9.17, 15) is 4.39 Å². The van der Waals surface area contributed by atoms with Crippen LogP contribution in [0, 0.1) is 12.7 Å². The fourth-order valence-electron chi connectivity index (χ4n) is 2.01. The highest BCUT2D eigenvalue weighted by atomic mass is 79.9. The molecule has 0 aromatic heterocycles. The number of hydrogen-bond acceptors (Lipinski definition) is 2. The maximum Gasteiger partial charge on any atom is 0.123 e. The number of halogens is 3. The Balaban J connectivity index is 2.55. The van der Waals surface area contributed by atoms with Crippen LogP contribution in [0.1, 0.15) is 22.7 Å². The minimum atomic E-state index is -0.360. The van der Waals surface area contributed by atoms with Crippen LogP contribution in [-0.4, -0.2) is 0 Å². The topological polar surface area (TPSA) is 38.0 Å². The van der Waals surface area contributed by atoms with Crippen molar-refractivity contribution in [2.45, 2.75) is 13.0 Å². The zero-order valence-corrected chi connectivity index (χ0v) is 12.6. The summed E-state index contributed by atoms with van der Waals surface area (Å²) < 4.78 is 14.3. The number of nitrogens with one attached hydrogen (secondary N) is 1. The number of hydrogen-bond donors (Lipinski definition) is 2. The van der Waals surface area contributed by atoms with E-state index in [1.807, 2.05) is 19.1 Å². The van der Waals surface area contributed by atoms with E-state index in [1.54, 1.807) is 12.1 Å². The van der Waals surface area contributed by atoms with E-state index in [4.69, 9.17) is 17.4 Å². The number of rotatable bonds is 3. The van der Waals surface area contributed by atoms with Gasteiger partial charge >= 0.3 is 0 Å². The van der Waals surface area contributed by atoms with Gasteiger partial charge < -0.3 is 0 Å². The molecule has 0 aliphatic rings. The van der Waals surface area contributed by atoms with Gasteiger partial charge in [0.15, 0.2) is 0 Å². The number of benzene rings is 2. The van der Waals surface area contributed by atoms with Crippen LogP contribution in [0.25, 0.3) is 0 Å². The van der Waals surface area contributed by atoms with Gasteiger partial charge in [-0.15, -0.1) is 0 Å². The van der Waals surface area contributed by atoms with Crippen LogP contribution in [-0.2, 0) is 0 Å². The number of hydrazine groups is 1. The summed E-state index contributed by atoms with van der Waals surface area (Å²) in [6, 6.07) is 9.75. The van der Waals surface area contributed by atoms with Gasteiger partial charge in [-0.1, -0.05) is 33.6 Å². The average Bonchev–Trinajstić information content (AvgIpc) is 2.38. The molecule has 2 rings (SSSR count). The molecule has 0 saturated carbocycles. The Morgan fingerprint density at radius 3 is 2.63 bits per heavy atom. The molecule has 0 fully saturated rings. The predicted octanol–water partition coefficient (Wildman–Crippen LogP) is 4.10. The molecule has 0 radical (unpaired) electrons. The molecule has 0 saturated heterocycles. The largest absolute Gasteiger partial charge is 0.271 e. The van der Waals surface area contributed by atoms with E-state index < -0.39 is 0 Å². The molecule has 2 nitrogen and oxygen atoms in total. The van der Waals surface area contributed by atoms with Crippen molar-refractivity contribution in [1.29, 1.82) is 0 Å². The molecule has 1 atom stereocenters. The highest BCUT2D eigenvalue weighted by Crippen LogP contribution is 2.32. The lowest BCUT2D eigenvalue weighted by atomic mass is 9.95. The van der Waals surface area contributed by atoms with E-state index in [-0.39, 0.29) is 11.9 Å². The second-order valence-electron chi connectivity index (χ2n) is 4.27. The normalized spacial score (nSPS) is 12.5. The first-order valence-electron chi connectivity index (χ1n) is 5.70. The fourth-order valence-corrected chi connectivity index (χ4v) is 2.61. The molecule has 100 valence electrons. The SMILES string of the molecule is Cc1ccc(F)cc1C(NN)c1cc(Br)ccc1Cl. The molecular formula is C14H13BrClFN2. The quantitative estimate of drug-likeness (QED) is 0.650. The van der Waals surface area contributed by atoms with Crippen molar-refractivity contribution >= 4 is 27.5 Å². The summed E-state index contributed by atoms with van der Waals surface area (Å²) in [6.45, 7) is 1.91. The first-order valence-corrected chi connectivity index (χ1v) is 6.87. The van der Waals surface area contributed by atoms with Gasteiger partial charge in [0.1, 0.15) is 5.82 Å². The Kier molecular flexibility index (Phi) is 4.58. The van der Waals surface area contributed by atoms with Crippen molar-refractivity contribution in [3.63, 3.8) is 0 Å². The van der Waals surface area contributed by atoms with Crippen LogP contribution in [0.15, 0.2) is 40.9 Å². The Hall–Kier alpha value is -0.940. The third kappa shape index (κ3) is 3.15. The summed E-state index contributed by atoms with van der Waals surface area (Å²) in [4.78, 5) is 0. The summed E-state index contributed by atoms with van der Waals surface area (Å²) in [7, 11) is 0. The molecule has 1 unspecified atom stereocenters. The van der Waals surface area contributed by atoms with Crippen LogP contribution in [0.5, 0.6) is 0 Å². The van der Waals surface area contributed by atoms with Gasteiger partial charge in [0, 0.05) is 9.50 Å². The van der Waals surface area contributed by atoms with Crippen LogP contribution in [0.2, 0.25) is 5.02 Å². The van der Waals surface area contributed by atoms with Gasteiger partial charge in [0.05, 0.1) is 6.04 Å². The van der Waals surface area contributed by atoms with E-state index in [0.717, 1.165) is 21.2 Å². The van der Waals surface area contributed by atoms with Gasteiger partial charge in [-0.05, 0) is 53.9 Å². The van der Waals surface area contributed by atoms with Crippen molar-refractivity contribution in [1.82, 2.24) is 5.43 Å². The van der Waals surface area contributed by atoms with Gasteiger partial charge in [-0.25, -0.2) is 9.82 Å². The van der Waals surface area contributed by atoms with Crippen molar-refractivity contribution < 1.29 is 4.39 Å². The molecule has 0 spiro atoms. The standard InChI is InChI=1S/C14H13BrClFN2/c1-8-2-4-10(17)7-11(8)14(19-18)12-6-9(15)3-5-13(12)16/h2-7,14,19H,18H2,1H3. The molecule has 0 amide bonds. The third-order valence-corrected chi connectivity index (χ3v) is 3.83. The molecule has 0 bridgehead atoms. The van der Waals surface area contributed by atoms with E-state index in [2.05, 4.69) is 21.4 Å². The highest BCUT2D eigenvalue weighted by molar-refractivity contribution is 9.10. The second kappa shape index (κ2) is 6.01. The highest BCUT2D eigenvalue weighted by Gasteiger charge is 2.18. The molecule has 0 aliphatic carbocycles. The van der Waals surface area contributed by atoms with Crippen LogP contribution >= 0.6 is 27.5 Å². The molecule has 0 aliphatic heterocycles. The van der Waals surface area contributed by atoms with Crippen molar-refractivity contribution in [3.05, 3.63) is 68.4 Å². The summed E-state index contributed by atoms with van der Waals surface area (Å²) in [5, 5.41) is 0.579. The molecule has 0 heterocycles. The van der Waals surface area contributed by atoms with Crippen molar-refractivity contribution in [2.24, 2.45) is 5.84 Å². The molecule has 5 heteroatoms. The summed E-state index contributed by atoms with van der Waals surface area (Å²) in [5.41, 5.74) is 5.21. The Morgan fingerprint density at radius 1 is 1.21 bits per heavy atom. The first-order chi connectivity index (χ1) is 9.02. The monoisotopic (exact) mass is 342 g/mol. The fraction of sp³-hybridized carbons (Fsp3) is 0.143. The first kappa shape index (κ1) is 14.5. The van der Waals surface area contributed by atoms with Gasteiger partial charge in [-0.3, -0.25) is 5.84 Å². The van der Waals surface area contributed by atoms with Gasteiger partial charge in [-0.2, -0.15) is 0 Å². The number of aryl methyl sites for hydroxylation is 1. The Labute approximate surface area is 124 Å². The van der Waals surface area contributed by atoms with E-state index in [0.29, 0.717) is 5.02 Å². The number of nitrogens with two attached hydrogens (primary N) is 1. The van der Waals surface area contributed by atoms with Crippen LogP contribution < -0.4 is 11.3 Å². The lowest BCUT2D eigenvalue weighted by molar-refractivity contribution is 0.602. The van der Waals surface area contributed by atoms with Crippen molar-refractivity contribution in [3.8, 4) is 0 Å². The Morgan fingerprint density at radius 2 is 1.95 bits per heavy atom. The van der Waals surface area contributed by atoms with Crippen LogP contribution in [0.3, 0.4) is 0 Å². The van der Waals surface area contributed by atoms with Gasteiger partial charge in [0.25, 0.3) is 0 Å². The van der Waals surface area contributed by atoms with Crippen molar-refractivity contribution in [2.75, 3.05) is 0 Å². The zero-order chi connectivity index (χ0) is 14.0. The smallest absolute Gasteiger partial charge is 0.123 e. The zero-order valence-electron chi connectivity index (χ0n) is 10.3. The average molecular weight is 344 g/mol. The third-order valence-electron chi connectivity index (χ3n) is 2.99. The van der Waals surface area contributed by atoms with Crippen LogP contribution in [0.4, 0.5) is 4.39 Å². The molecule has 2 aromatic rings. The van der Waals surface area contributed by atoms with E-state index >= 15 is 0 Å². The molecule has 3 N–H and O–H groups in total. The minimum absolute atomic E-state index is 0.299. The van der Waals surface area contributed by atoms with E-state index in [1.165, 1.54) is 12.1 Å². The summed E-state index contributed by atoms with van der Waals surface area (Å²) in [6.07, 6.45) is 0. The lowest BCUT2D eigenvalue weighted by Gasteiger charge is -2.20. The molecule has 19 heavy (non-hydrogen) atoms. The molecule has 2 aromatic carbocycles. The summed E-state index contributed by atoms with van der Waals surface area (Å²) in [5.74, 6) is 5.33. The molecular weight excluding hydrogens is 331 g/mol. The lowest BCUT2D eigenvalue weighted by Crippen LogP contribution is -2.29.